The molecule has 2 heterocycles. The van der Waals surface area contributed by atoms with Crippen molar-refractivity contribution in [2.75, 3.05) is 18.0 Å². The Morgan fingerprint density at radius 2 is 2.06 bits per heavy atom. The number of halogens is 1. The lowest BCUT2D eigenvalue weighted by molar-refractivity contribution is -0.122. The Kier molecular flexibility index (Phi) is 3.71. The van der Waals surface area contributed by atoms with Crippen molar-refractivity contribution >= 4 is 23.3 Å². The van der Waals surface area contributed by atoms with Crippen LogP contribution in [0.3, 0.4) is 0 Å². The van der Waals surface area contributed by atoms with Crippen LogP contribution in [0, 0.1) is 19.8 Å². The lowest BCUT2D eigenvalue weighted by Gasteiger charge is -2.32. The van der Waals surface area contributed by atoms with E-state index in [2.05, 4.69) is 9.97 Å². The Balaban J connectivity index is 2.26. The number of nitrogens with zero attached hydrogens (tertiary/aromatic N) is 3. The largest absolute Gasteiger partial charge is 0.369 e. The molecule has 2 N–H and O–H groups in total. The smallest absolute Gasteiger partial charge is 0.222 e. The Morgan fingerprint density at radius 3 is 2.72 bits per heavy atom. The molecule has 0 aromatic carbocycles. The zero-order chi connectivity index (χ0) is 13.3. The van der Waals surface area contributed by atoms with E-state index in [0.29, 0.717) is 17.5 Å². The van der Waals surface area contributed by atoms with Crippen molar-refractivity contribution in [3.8, 4) is 0 Å². The van der Waals surface area contributed by atoms with Gasteiger partial charge in [-0.25, -0.2) is 9.97 Å². The summed E-state index contributed by atoms with van der Waals surface area (Å²) in [6.07, 6.45) is 1.75. The van der Waals surface area contributed by atoms with Gasteiger partial charge in [-0.15, -0.1) is 0 Å². The molecule has 1 aliphatic rings. The molecule has 1 aromatic rings. The third-order valence-electron chi connectivity index (χ3n) is 3.37. The van der Waals surface area contributed by atoms with Gasteiger partial charge in [0.25, 0.3) is 0 Å². The molecular formula is C12H17ClN4O. The molecule has 0 aliphatic carbocycles. The van der Waals surface area contributed by atoms with Crippen molar-refractivity contribution in [3.63, 3.8) is 0 Å². The molecule has 0 saturated carbocycles. The maximum atomic E-state index is 11.3. The van der Waals surface area contributed by atoms with Gasteiger partial charge in [0.05, 0.1) is 17.3 Å². The van der Waals surface area contributed by atoms with Crippen LogP contribution in [0.4, 0.5) is 5.82 Å². The molecule has 1 fully saturated rings. The Morgan fingerprint density at radius 1 is 1.39 bits per heavy atom. The van der Waals surface area contributed by atoms with Gasteiger partial charge in [0, 0.05) is 13.1 Å². The third kappa shape index (κ3) is 2.56. The van der Waals surface area contributed by atoms with E-state index in [1.54, 1.807) is 0 Å². The van der Waals surface area contributed by atoms with Crippen molar-refractivity contribution in [3.05, 3.63) is 16.5 Å². The molecule has 2 rings (SSSR count). The Bertz CT molecular complexity index is 477. The minimum atomic E-state index is -0.257. The predicted octanol–water partition coefficient (Wildman–Crippen LogP) is 1.45. The van der Waals surface area contributed by atoms with Crippen LogP contribution in [-0.4, -0.2) is 29.0 Å². The molecule has 1 aromatic heterocycles. The number of amides is 1. The molecule has 6 heteroatoms. The first-order chi connectivity index (χ1) is 8.49. The van der Waals surface area contributed by atoms with E-state index in [4.69, 9.17) is 17.3 Å². The van der Waals surface area contributed by atoms with Gasteiger partial charge < -0.3 is 10.6 Å². The molecule has 0 bridgehead atoms. The van der Waals surface area contributed by atoms with Gasteiger partial charge in [0.15, 0.2) is 11.0 Å². The number of anilines is 1. The molecule has 98 valence electrons. The summed E-state index contributed by atoms with van der Waals surface area (Å²) in [5.74, 6) is 0.275. The average Bonchev–Trinajstić information content (AvgIpc) is 2.34. The minimum absolute atomic E-state index is 0.127. The SMILES string of the molecule is Cc1nc(Cl)c(N2CCCC(C(N)=O)C2)nc1C. The highest BCUT2D eigenvalue weighted by molar-refractivity contribution is 6.31. The number of piperidine rings is 1. The summed E-state index contributed by atoms with van der Waals surface area (Å²) in [6.45, 7) is 5.19. The quantitative estimate of drug-likeness (QED) is 0.881. The highest BCUT2D eigenvalue weighted by Gasteiger charge is 2.26. The van der Waals surface area contributed by atoms with Crippen LogP contribution >= 0.6 is 11.6 Å². The number of hydrogen-bond donors (Lipinski definition) is 1. The Hall–Kier alpha value is -1.36. The molecule has 1 saturated heterocycles. The van der Waals surface area contributed by atoms with E-state index in [0.717, 1.165) is 30.8 Å². The topological polar surface area (TPSA) is 72.1 Å². The highest BCUT2D eigenvalue weighted by Crippen LogP contribution is 2.27. The molecule has 0 radical (unpaired) electrons. The maximum absolute atomic E-state index is 11.3. The van der Waals surface area contributed by atoms with Gasteiger partial charge in [-0.1, -0.05) is 11.6 Å². The van der Waals surface area contributed by atoms with E-state index in [-0.39, 0.29) is 11.8 Å². The van der Waals surface area contributed by atoms with E-state index in [9.17, 15) is 4.79 Å². The molecular weight excluding hydrogens is 252 g/mol. The predicted molar refractivity (Wildman–Crippen MR) is 70.6 cm³/mol. The van der Waals surface area contributed by atoms with Crippen LogP contribution in [0.2, 0.25) is 5.15 Å². The summed E-state index contributed by atoms with van der Waals surface area (Å²) in [5, 5.41) is 0.392. The van der Waals surface area contributed by atoms with E-state index >= 15 is 0 Å². The van der Waals surface area contributed by atoms with Crippen LogP contribution in [0.25, 0.3) is 0 Å². The first kappa shape index (κ1) is 13.1. The molecule has 1 amide bonds. The number of aryl methyl sites for hydroxylation is 2. The molecule has 5 nitrogen and oxygen atoms in total. The fourth-order valence-electron chi connectivity index (χ4n) is 2.17. The monoisotopic (exact) mass is 268 g/mol. The number of primary amides is 1. The average molecular weight is 269 g/mol. The fraction of sp³-hybridized carbons (Fsp3) is 0.583. The van der Waals surface area contributed by atoms with E-state index in [1.165, 1.54) is 0 Å². The van der Waals surface area contributed by atoms with Gasteiger partial charge in [-0.2, -0.15) is 0 Å². The van der Waals surface area contributed by atoms with Gasteiger partial charge in [-0.3, -0.25) is 4.79 Å². The van der Waals surface area contributed by atoms with Gasteiger partial charge in [0.2, 0.25) is 5.91 Å². The maximum Gasteiger partial charge on any atom is 0.222 e. The second kappa shape index (κ2) is 5.10. The van der Waals surface area contributed by atoms with Crippen molar-refractivity contribution in [1.82, 2.24) is 9.97 Å². The van der Waals surface area contributed by atoms with Gasteiger partial charge in [-0.05, 0) is 26.7 Å². The van der Waals surface area contributed by atoms with Crippen LogP contribution in [0.5, 0.6) is 0 Å². The second-order valence-corrected chi connectivity index (χ2v) is 5.05. The molecule has 18 heavy (non-hydrogen) atoms. The second-order valence-electron chi connectivity index (χ2n) is 4.70. The molecule has 1 aliphatic heterocycles. The summed E-state index contributed by atoms with van der Waals surface area (Å²) >= 11 is 6.13. The Labute approximate surface area is 111 Å². The summed E-state index contributed by atoms with van der Waals surface area (Å²) in [5.41, 5.74) is 7.05. The number of rotatable bonds is 2. The van der Waals surface area contributed by atoms with Crippen LogP contribution in [0.1, 0.15) is 24.2 Å². The summed E-state index contributed by atoms with van der Waals surface area (Å²) < 4.78 is 0. The summed E-state index contributed by atoms with van der Waals surface area (Å²) in [4.78, 5) is 22.0. The summed E-state index contributed by atoms with van der Waals surface area (Å²) in [6, 6.07) is 0. The lowest BCUT2D eigenvalue weighted by Crippen LogP contribution is -2.41. The first-order valence-corrected chi connectivity index (χ1v) is 6.42. The third-order valence-corrected chi connectivity index (χ3v) is 3.62. The molecule has 0 spiro atoms. The van der Waals surface area contributed by atoms with Gasteiger partial charge >= 0.3 is 0 Å². The van der Waals surface area contributed by atoms with Crippen LogP contribution in [0.15, 0.2) is 0 Å². The van der Waals surface area contributed by atoms with Crippen molar-refractivity contribution in [2.24, 2.45) is 11.7 Å². The van der Waals surface area contributed by atoms with Crippen LogP contribution < -0.4 is 10.6 Å². The number of carbonyl (C=O) groups excluding carboxylic acids is 1. The fourth-order valence-corrected chi connectivity index (χ4v) is 2.46. The highest BCUT2D eigenvalue weighted by atomic mass is 35.5. The standard InChI is InChI=1S/C12H17ClN4O/c1-7-8(2)16-12(10(13)15-7)17-5-3-4-9(6-17)11(14)18/h9H,3-6H2,1-2H3,(H2,14,18). The zero-order valence-corrected chi connectivity index (χ0v) is 11.4. The molecule has 1 unspecified atom stereocenters. The number of carbonyl (C=O) groups is 1. The van der Waals surface area contributed by atoms with E-state index < -0.39 is 0 Å². The normalized spacial score (nSPS) is 19.9. The van der Waals surface area contributed by atoms with E-state index in [1.807, 2.05) is 18.7 Å². The molecule has 1 atom stereocenters. The first-order valence-electron chi connectivity index (χ1n) is 6.04. The zero-order valence-electron chi connectivity index (χ0n) is 10.6. The minimum Gasteiger partial charge on any atom is -0.369 e. The number of nitrogens with two attached hydrogens (primary N) is 1. The van der Waals surface area contributed by atoms with Crippen molar-refractivity contribution in [1.29, 1.82) is 0 Å². The van der Waals surface area contributed by atoms with Crippen molar-refractivity contribution in [2.45, 2.75) is 26.7 Å². The van der Waals surface area contributed by atoms with Crippen LogP contribution in [-0.2, 0) is 4.79 Å². The number of aromatic nitrogens is 2. The lowest BCUT2D eigenvalue weighted by atomic mass is 9.97. The number of hydrogen-bond acceptors (Lipinski definition) is 4. The van der Waals surface area contributed by atoms with Gasteiger partial charge in [0.1, 0.15) is 0 Å². The summed E-state index contributed by atoms with van der Waals surface area (Å²) in [7, 11) is 0. The van der Waals surface area contributed by atoms with Crippen molar-refractivity contribution < 1.29 is 4.79 Å².